The molecule has 0 unspecified atom stereocenters. The van der Waals surface area contributed by atoms with Gasteiger partial charge in [0, 0.05) is 24.0 Å². The standard InChI is InChI=1S/C15H13ClN4O3/c1-22-12-5-8(17)3-4-10(12)20-11-6-13(16)18-7-9(11)14(19-20)15(21)23-2/h3-7H,17H2,1-2H3. The van der Waals surface area contributed by atoms with Gasteiger partial charge in [-0.1, -0.05) is 11.6 Å². The van der Waals surface area contributed by atoms with Crippen molar-refractivity contribution < 1.29 is 14.3 Å². The van der Waals surface area contributed by atoms with Crippen molar-refractivity contribution in [1.29, 1.82) is 0 Å². The third-order valence-corrected chi connectivity index (χ3v) is 3.55. The predicted octanol–water partition coefficient (Wildman–Crippen LogP) is 2.45. The van der Waals surface area contributed by atoms with Crippen LogP contribution >= 0.6 is 11.6 Å². The second kappa shape index (κ2) is 5.77. The number of pyridine rings is 1. The van der Waals surface area contributed by atoms with E-state index < -0.39 is 5.97 Å². The fraction of sp³-hybridized carbons (Fsp3) is 0.133. The zero-order valence-electron chi connectivity index (χ0n) is 12.4. The van der Waals surface area contributed by atoms with Crippen molar-refractivity contribution >= 4 is 34.2 Å². The molecular formula is C15H13ClN4O3. The van der Waals surface area contributed by atoms with Crippen LogP contribution in [0.3, 0.4) is 0 Å². The van der Waals surface area contributed by atoms with Gasteiger partial charge in [-0.05, 0) is 12.1 Å². The molecule has 2 heterocycles. The van der Waals surface area contributed by atoms with Crippen LogP contribution in [0.15, 0.2) is 30.5 Å². The highest BCUT2D eigenvalue weighted by Crippen LogP contribution is 2.30. The minimum atomic E-state index is -0.563. The Kier molecular flexibility index (Phi) is 3.79. The molecular weight excluding hydrogens is 320 g/mol. The second-order valence-corrected chi connectivity index (χ2v) is 5.09. The van der Waals surface area contributed by atoms with Gasteiger partial charge in [-0.2, -0.15) is 5.10 Å². The topological polar surface area (TPSA) is 92.3 Å². The summed E-state index contributed by atoms with van der Waals surface area (Å²) in [6.07, 6.45) is 1.48. The number of nitrogen functional groups attached to an aromatic ring is 1. The highest BCUT2D eigenvalue weighted by Gasteiger charge is 2.21. The number of esters is 1. The number of carbonyl (C=O) groups is 1. The smallest absolute Gasteiger partial charge is 0.359 e. The first kappa shape index (κ1) is 15.1. The molecule has 3 aromatic rings. The van der Waals surface area contributed by atoms with Crippen LogP contribution in [0.5, 0.6) is 5.75 Å². The van der Waals surface area contributed by atoms with Crippen molar-refractivity contribution in [3.8, 4) is 11.4 Å². The summed E-state index contributed by atoms with van der Waals surface area (Å²) in [6.45, 7) is 0. The number of nitrogens with two attached hydrogens (primary N) is 1. The molecule has 0 amide bonds. The SMILES string of the molecule is COC(=O)c1nn(-c2ccc(N)cc2OC)c2cc(Cl)ncc12. The van der Waals surface area contributed by atoms with Crippen LogP contribution in [0.4, 0.5) is 5.69 Å². The Hall–Kier alpha value is -2.80. The average molecular weight is 333 g/mol. The summed E-state index contributed by atoms with van der Waals surface area (Å²) in [5, 5.41) is 5.14. The van der Waals surface area contributed by atoms with E-state index in [4.69, 9.17) is 26.8 Å². The number of hydrogen-bond donors (Lipinski definition) is 1. The van der Waals surface area contributed by atoms with Gasteiger partial charge < -0.3 is 15.2 Å². The maximum Gasteiger partial charge on any atom is 0.359 e. The van der Waals surface area contributed by atoms with Gasteiger partial charge in [0.15, 0.2) is 5.69 Å². The number of aromatic nitrogens is 3. The molecule has 23 heavy (non-hydrogen) atoms. The third-order valence-electron chi connectivity index (χ3n) is 3.34. The van der Waals surface area contributed by atoms with E-state index in [0.29, 0.717) is 28.0 Å². The Morgan fingerprint density at radius 1 is 1.30 bits per heavy atom. The number of halogens is 1. The monoisotopic (exact) mass is 332 g/mol. The van der Waals surface area contributed by atoms with Gasteiger partial charge in [0.2, 0.25) is 0 Å². The quantitative estimate of drug-likeness (QED) is 0.450. The minimum absolute atomic E-state index is 0.144. The van der Waals surface area contributed by atoms with Crippen molar-refractivity contribution in [3.63, 3.8) is 0 Å². The van der Waals surface area contributed by atoms with E-state index in [0.717, 1.165) is 0 Å². The zero-order valence-corrected chi connectivity index (χ0v) is 13.2. The molecule has 8 heteroatoms. The van der Waals surface area contributed by atoms with Crippen LogP contribution in [-0.4, -0.2) is 35.0 Å². The summed E-state index contributed by atoms with van der Waals surface area (Å²) >= 11 is 5.98. The molecule has 0 saturated carbocycles. The molecule has 0 atom stereocenters. The molecule has 2 aromatic heterocycles. The van der Waals surface area contributed by atoms with Crippen molar-refractivity contribution in [2.45, 2.75) is 0 Å². The molecule has 118 valence electrons. The van der Waals surface area contributed by atoms with Crippen LogP contribution < -0.4 is 10.5 Å². The van der Waals surface area contributed by atoms with Crippen molar-refractivity contribution in [3.05, 3.63) is 41.3 Å². The van der Waals surface area contributed by atoms with Gasteiger partial charge in [0.1, 0.15) is 16.6 Å². The first-order valence-corrected chi connectivity index (χ1v) is 6.99. The summed E-state index contributed by atoms with van der Waals surface area (Å²) < 4.78 is 11.7. The van der Waals surface area contributed by atoms with Crippen LogP contribution in [0.2, 0.25) is 5.15 Å². The number of anilines is 1. The Morgan fingerprint density at radius 2 is 2.09 bits per heavy atom. The molecule has 7 nitrogen and oxygen atoms in total. The van der Waals surface area contributed by atoms with E-state index in [1.165, 1.54) is 20.4 Å². The van der Waals surface area contributed by atoms with Gasteiger partial charge in [0.05, 0.1) is 25.1 Å². The van der Waals surface area contributed by atoms with E-state index in [2.05, 4.69) is 10.1 Å². The first-order valence-electron chi connectivity index (χ1n) is 6.61. The highest BCUT2D eigenvalue weighted by molar-refractivity contribution is 6.30. The number of benzene rings is 1. The predicted molar refractivity (Wildman–Crippen MR) is 86.2 cm³/mol. The number of methoxy groups -OCH3 is 2. The molecule has 0 bridgehead atoms. The van der Waals surface area contributed by atoms with E-state index in [1.807, 2.05) is 0 Å². The van der Waals surface area contributed by atoms with Crippen LogP contribution in [0.1, 0.15) is 10.5 Å². The molecule has 1 aromatic carbocycles. The molecule has 0 fully saturated rings. The number of carbonyl (C=O) groups excluding carboxylic acids is 1. The Labute approximate surface area is 136 Å². The Bertz CT molecular complexity index is 907. The number of rotatable bonds is 3. The summed E-state index contributed by atoms with van der Waals surface area (Å²) in [6, 6.07) is 6.75. The summed E-state index contributed by atoms with van der Waals surface area (Å²) in [5.74, 6) is -0.0500. The molecule has 0 aliphatic rings. The highest BCUT2D eigenvalue weighted by atomic mass is 35.5. The molecule has 2 N–H and O–H groups in total. The first-order chi connectivity index (χ1) is 11.0. The molecule has 0 spiro atoms. The number of nitrogens with zero attached hydrogens (tertiary/aromatic N) is 3. The molecule has 0 aliphatic heterocycles. The molecule has 0 radical (unpaired) electrons. The van der Waals surface area contributed by atoms with Crippen molar-refractivity contribution in [2.24, 2.45) is 0 Å². The lowest BCUT2D eigenvalue weighted by Gasteiger charge is -2.10. The normalized spacial score (nSPS) is 10.7. The van der Waals surface area contributed by atoms with Crippen molar-refractivity contribution in [2.75, 3.05) is 20.0 Å². The van der Waals surface area contributed by atoms with E-state index in [-0.39, 0.29) is 10.8 Å². The third kappa shape index (κ3) is 2.55. The summed E-state index contributed by atoms with van der Waals surface area (Å²) in [7, 11) is 2.82. The number of ether oxygens (including phenoxy) is 2. The minimum Gasteiger partial charge on any atom is -0.494 e. The fourth-order valence-electron chi connectivity index (χ4n) is 2.29. The number of fused-ring (bicyclic) bond motifs is 1. The lowest BCUT2D eigenvalue weighted by atomic mass is 10.2. The van der Waals surface area contributed by atoms with Crippen LogP contribution in [-0.2, 0) is 4.74 Å². The average Bonchev–Trinajstić information content (AvgIpc) is 2.92. The van der Waals surface area contributed by atoms with Gasteiger partial charge in [-0.3, -0.25) is 0 Å². The molecule has 0 aliphatic carbocycles. The fourth-order valence-corrected chi connectivity index (χ4v) is 2.44. The van der Waals surface area contributed by atoms with Gasteiger partial charge in [-0.15, -0.1) is 0 Å². The Balaban J connectivity index is 2.33. The van der Waals surface area contributed by atoms with Gasteiger partial charge >= 0.3 is 5.97 Å². The van der Waals surface area contributed by atoms with E-state index in [1.54, 1.807) is 28.9 Å². The maximum atomic E-state index is 12.0. The van der Waals surface area contributed by atoms with Gasteiger partial charge in [-0.25, -0.2) is 14.5 Å². The Morgan fingerprint density at radius 3 is 2.78 bits per heavy atom. The van der Waals surface area contributed by atoms with Gasteiger partial charge in [0.25, 0.3) is 0 Å². The van der Waals surface area contributed by atoms with E-state index >= 15 is 0 Å². The van der Waals surface area contributed by atoms with Crippen LogP contribution in [0, 0.1) is 0 Å². The number of hydrogen-bond acceptors (Lipinski definition) is 6. The summed E-state index contributed by atoms with van der Waals surface area (Å²) in [5.41, 5.74) is 7.69. The lowest BCUT2D eigenvalue weighted by Crippen LogP contribution is -2.05. The molecule has 3 rings (SSSR count). The summed E-state index contributed by atoms with van der Waals surface area (Å²) in [4.78, 5) is 16.0. The second-order valence-electron chi connectivity index (χ2n) is 4.71. The maximum absolute atomic E-state index is 12.0. The zero-order chi connectivity index (χ0) is 16.6. The van der Waals surface area contributed by atoms with Crippen LogP contribution in [0.25, 0.3) is 16.6 Å². The van der Waals surface area contributed by atoms with E-state index in [9.17, 15) is 4.79 Å². The largest absolute Gasteiger partial charge is 0.494 e. The lowest BCUT2D eigenvalue weighted by molar-refractivity contribution is 0.0595. The molecule has 0 saturated heterocycles. The van der Waals surface area contributed by atoms with Crippen molar-refractivity contribution in [1.82, 2.24) is 14.8 Å².